The molecule has 1 rings (SSSR count). The highest BCUT2D eigenvalue weighted by atomic mass is 35.7. The van der Waals surface area contributed by atoms with Crippen LogP contribution >= 0.6 is 22.0 Å². The molecule has 0 fully saturated rings. The van der Waals surface area contributed by atoms with Crippen molar-refractivity contribution in [1.29, 1.82) is 0 Å². The van der Waals surface area contributed by atoms with Crippen molar-refractivity contribution >= 4 is 37.0 Å². The first-order chi connectivity index (χ1) is 7.79. The van der Waals surface area contributed by atoms with Gasteiger partial charge in [0, 0.05) is 22.1 Å². The molecule has 0 unspecified atom stereocenters. The van der Waals surface area contributed by atoms with E-state index in [9.17, 15) is 13.2 Å². The second-order valence-electron chi connectivity index (χ2n) is 4.03. The monoisotopic (exact) mass is 295 g/mol. The fraction of sp³-hybridized carbons (Fsp3) is 0.500. The van der Waals surface area contributed by atoms with Crippen LogP contribution in [0.4, 0.5) is 0 Å². The molecule has 0 radical (unpaired) electrons. The SMILES string of the molecule is CC(C)CNC(=O)Cc1ccc(S(=O)(=O)Cl)s1. The minimum absolute atomic E-state index is 0.0748. The van der Waals surface area contributed by atoms with Gasteiger partial charge in [0.1, 0.15) is 4.21 Å². The van der Waals surface area contributed by atoms with E-state index in [1.54, 1.807) is 6.07 Å². The van der Waals surface area contributed by atoms with Gasteiger partial charge in [0.25, 0.3) is 9.05 Å². The van der Waals surface area contributed by atoms with E-state index >= 15 is 0 Å². The van der Waals surface area contributed by atoms with Crippen molar-refractivity contribution < 1.29 is 13.2 Å². The molecule has 0 aliphatic heterocycles. The minimum Gasteiger partial charge on any atom is -0.356 e. The number of hydrogen-bond donors (Lipinski definition) is 1. The zero-order valence-corrected chi connectivity index (χ0v) is 12.0. The highest BCUT2D eigenvalue weighted by Gasteiger charge is 2.14. The highest BCUT2D eigenvalue weighted by Crippen LogP contribution is 2.24. The molecular weight excluding hydrogens is 282 g/mol. The molecule has 4 nitrogen and oxygen atoms in total. The smallest absolute Gasteiger partial charge is 0.270 e. The van der Waals surface area contributed by atoms with Gasteiger partial charge >= 0.3 is 0 Å². The van der Waals surface area contributed by atoms with Crippen LogP contribution in [0.1, 0.15) is 18.7 Å². The Labute approximate surface area is 109 Å². The quantitative estimate of drug-likeness (QED) is 0.845. The molecule has 0 atom stereocenters. The number of thiophene rings is 1. The Balaban J connectivity index is 2.58. The van der Waals surface area contributed by atoms with Crippen molar-refractivity contribution in [3.05, 3.63) is 17.0 Å². The van der Waals surface area contributed by atoms with Crippen LogP contribution in [0.15, 0.2) is 16.3 Å². The predicted molar refractivity (Wildman–Crippen MR) is 68.9 cm³/mol. The summed E-state index contributed by atoms with van der Waals surface area (Å²) in [6.07, 6.45) is 0.184. The van der Waals surface area contributed by atoms with Gasteiger partial charge in [0.05, 0.1) is 6.42 Å². The summed E-state index contributed by atoms with van der Waals surface area (Å²) >= 11 is 1.02. The van der Waals surface area contributed by atoms with Crippen LogP contribution < -0.4 is 5.32 Å². The fourth-order valence-electron chi connectivity index (χ4n) is 1.12. The van der Waals surface area contributed by atoms with E-state index in [1.807, 2.05) is 13.8 Å². The van der Waals surface area contributed by atoms with Crippen molar-refractivity contribution in [3.8, 4) is 0 Å². The van der Waals surface area contributed by atoms with Crippen LogP contribution in [-0.2, 0) is 20.3 Å². The summed E-state index contributed by atoms with van der Waals surface area (Å²) in [6.45, 7) is 4.62. The van der Waals surface area contributed by atoms with Crippen LogP contribution in [0.3, 0.4) is 0 Å². The van der Waals surface area contributed by atoms with Crippen LogP contribution in [0.25, 0.3) is 0 Å². The van der Waals surface area contributed by atoms with Crippen molar-refractivity contribution in [3.63, 3.8) is 0 Å². The van der Waals surface area contributed by atoms with E-state index in [0.29, 0.717) is 17.3 Å². The Hall–Kier alpha value is -0.590. The van der Waals surface area contributed by atoms with E-state index in [1.165, 1.54) is 6.07 Å². The molecule has 0 saturated heterocycles. The molecule has 0 aliphatic carbocycles. The maximum atomic E-state index is 11.5. The molecule has 1 N–H and O–H groups in total. The summed E-state index contributed by atoms with van der Waals surface area (Å²) in [5.74, 6) is 0.278. The Morgan fingerprint density at radius 1 is 1.47 bits per heavy atom. The van der Waals surface area contributed by atoms with E-state index in [0.717, 1.165) is 11.3 Å². The lowest BCUT2D eigenvalue weighted by atomic mass is 10.2. The normalized spacial score (nSPS) is 11.8. The van der Waals surface area contributed by atoms with Crippen LogP contribution in [-0.4, -0.2) is 20.9 Å². The Bertz CT molecular complexity index is 493. The topological polar surface area (TPSA) is 63.2 Å². The molecule has 0 saturated carbocycles. The molecule has 17 heavy (non-hydrogen) atoms. The third-order valence-corrected chi connectivity index (χ3v) is 5.10. The van der Waals surface area contributed by atoms with Gasteiger partial charge in [-0.2, -0.15) is 0 Å². The number of carbonyl (C=O) groups is 1. The maximum absolute atomic E-state index is 11.5. The summed E-state index contributed by atoms with van der Waals surface area (Å²) in [4.78, 5) is 12.2. The van der Waals surface area contributed by atoms with Crippen molar-refractivity contribution in [1.82, 2.24) is 5.32 Å². The molecule has 1 amide bonds. The Kier molecular flexibility index (Phi) is 4.97. The first-order valence-corrected chi connectivity index (χ1v) is 8.21. The Morgan fingerprint density at radius 2 is 2.12 bits per heavy atom. The first kappa shape index (κ1) is 14.5. The summed E-state index contributed by atoms with van der Waals surface area (Å²) in [7, 11) is 1.51. The van der Waals surface area contributed by atoms with Crippen molar-refractivity contribution in [2.45, 2.75) is 24.5 Å². The third kappa shape index (κ3) is 5.06. The minimum atomic E-state index is -3.68. The highest BCUT2D eigenvalue weighted by molar-refractivity contribution is 8.15. The molecule has 1 heterocycles. The number of rotatable bonds is 5. The molecule has 7 heteroatoms. The lowest BCUT2D eigenvalue weighted by molar-refractivity contribution is -0.120. The summed E-state index contributed by atoms with van der Waals surface area (Å²) in [6, 6.07) is 3.02. The van der Waals surface area contributed by atoms with Crippen LogP contribution in [0.2, 0.25) is 0 Å². The number of amides is 1. The van der Waals surface area contributed by atoms with E-state index in [4.69, 9.17) is 10.7 Å². The zero-order chi connectivity index (χ0) is 13.1. The predicted octanol–water partition coefficient (Wildman–Crippen LogP) is 1.99. The summed E-state index contributed by atoms with van der Waals surface area (Å²) in [5, 5.41) is 2.76. The fourth-order valence-corrected chi connectivity index (χ4v) is 3.24. The molecule has 0 aliphatic rings. The number of nitrogens with one attached hydrogen (secondary N) is 1. The van der Waals surface area contributed by atoms with E-state index in [2.05, 4.69) is 5.32 Å². The number of halogens is 1. The average Bonchev–Trinajstić information content (AvgIpc) is 2.62. The van der Waals surface area contributed by atoms with Crippen molar-refractivity contribution in [2.75, 3.05) is 6.54 Å². The molecule has 96 valence electrons. The largest absolute Gasteiger partial charge is 0.356 e. The molecule has 1 aromatic rings. The van der Waals surface area contributed by atoms with Crippen molar-refractivity contribution in [2.24, 2.45) is 5.92 Å². The third-order valence-electron chi connectivity index (χ3n) is 1.92. The summed E-state index contributed by atoms with van der Waals surface area (Å²) < 4.78 is 22.1. The van der Waals surface area contributed by atoms with Crippen LogP contribution in [0.5, 0.6) is 0 Å². The van der Waals surface area contributed by atoms with Gasteiger partial charge in [0.2, 0.25) is 5.91 Å². The number of carbonyl (C=O) groups excluding carboxylic acids is 1. The first-order valence-electron chi connectivity index (χ1n) is 5.09. The zero-order valence-electron chi connectivity index (χ0n) is 9.57. The maximum Gasteiger partial charge on any atom is 0.270 e. The molecule has 1 aromatic heterocycles. The van der Waals surface area contributed by atoms with Gasteiger partial charge < -0.3 is 5.32 Å². The van der Waals surface area contributed by atoms with E-state index < -0.39 is 9.05 Å². The second-order valence-corrected chi connectivity index (χ2v) is 7.99. The van der Waals surface area contributed by atoms with Gasteiger partial charge in [0.15, 0.2) is 0 Å². The second kappa shape index (κ2) is 5.84. The lowest BCUT2D eigenvalue weighted by Gasteiger charge is -2.06. The van der Waals surface area contributed by atoms with E-state index in [-0.39, 0.29) is 16.5 Å². The Morgan fingerprint density at radius 3 is 2.59 bits per heavy atom. The standard InChI is InChI=1S/C10H14ClNO3S2/c1-7(2)6-12-9(13)5-8-3-4-10(16-8)17(11,14)15/h3-4,7H,5-6H2,1-2H3,(H,12,13). The molecule has 0 aromatic carbocycles. The molecular formula is C10H14ClNO3S2. The van der Waals surface area contributed by atoms with Gasteiger partial charge in [-0.3, -0.25) is 4.79 Å². The molecule has 0 bridgehead atoms. The number of hydrogen-bond acceptors (Lipinski definition) is 4. The average molecular weight is 296 g/mol. The van der Waals surface area contributed by atoms with Gasteiger partial charge in [-0.25, -0.2) is 8.42 Å². The molecule has 0 spiro atoms. The van der Waals surface area contributed by atoms with Crippen LogP contribution in [0, 0.1) is 5.92 Å². The van der Waals surface area contributed by atoms with Gasteiger partial charge in [-0.1, -0.05) is 13.8 Å². The van der Waals surface area contributed by atoms with Gasteiger partial charge in [-0.05, 0) is 18.1 Å². The summed E-state index contributed by atoms with van der Waals surface area (Å²) in [5.41, 5.74) is 0. The van der Waals surface area contributed by atoms with Gasteiger partial charge in [-0.15, -0.1) is 11.3 Å². The lowest BCUT2D eigenvalue weighted by Crippen LogP contribution is -2.28.